The first-order valence-corrected chi connectivity index (χ1v) is 6.53. The van der Waals surface area contributed by atoms with Crippen molar-refractivity contribution in [3.8, 4) is 0 Å². The zero-order chi connectivity index (χ0) is 11.5. The Labute approximate surface area is 109 Å². The lowest BCUT2D eigenvalue weighted by Gasteiger charge is -2.10. The minimum absolute atomic E-state index is 0.0475. The molecule has 0 bridgehead atoms. The lowest BCUT2D eigenvalue weighted by molar-refractivity contribution is 0.737. The van der Waals surface area contributed by atoms with Crippen molar-refractivity contribution in [2.45, 2.75) is 12.5 Å². The van der Waals surface area contributed by atoms with Crippen molar-refractivity contribution in [1.29, 1.82) is 0 Å². The monoisotopic (exact) mass is 271 g/mol. The number of rotatable bonds is 3. The smallest absolute Gasteiger partial charge is 0.0561 e. The summed E-state index contributed by atoms with van der Waals surface area (Å²) in [7, 11) is 0. The Hall–Kier alpha value is -0.540. The van der Waals surface area contributed by atoms with Crippen molar-refractivity contribution >= 4 is 34.5 Å². The van der Waals surface area contributed by atoms with Gasteiger partial charge in [-0.1, -0.05) is 35.3 Å². The molecule has 0 spiro atoms. The van der Waals surface area contributed by atoms with E-state index < -0.39 is 0 Å². The van der Waals surface area contributed by atoms with Gasteiger partial charge in [-0.15, -0.1) is 11.3 Å². The number of nitrogens with two attached hydrogens (primary N) is 1. The zero-order valence-electron chi connectivity index (χ0n) is 8.49. The van der Waals surface area contributed by atoms with E-state index in [1.165, 1.54) is 5.56 Å². The summed E-state index contributed by atoms with van der Waals surface area (Å²) >= 11 is 13.5. The van der Waals surface area contributed by atoms with E-state index in [-0.39, 0.29) is 6.04 Å². The molecule has 1 heterocycles. The van der Waals surface area contributed by atoms with Crippen molar-refractivity contribution < 1.29 is 0 Å². The van der Waals surface area contributed by atoms with Gasteiger partial charge in [-0.2, -0.15) is 0 Å². The second-order valence-electron chi connectivity index (χ2n) is 3.57. The molecule has 2 aromatic rings. The Balaban J connectivity index is 2.10. The maximum Gasteiger partial charge on any atom is 0.0561 e. The number of hydrogen-bond acceptors (Lipinski definition) is 2. The molecule has 0 saturated carbocycles. The van der Waals surface area contributed by atoms with Gasteiger partial charge in [0.1, 0.15) is 0 Å². The van der Waals surface area contributed by atoms with Gasteiger partial charge in [0.15, 0.2) is 0 Å². The second kappa shape index (κ2) is 5.19. The van der Waals surface area contributed by atoms with Crippen LogP contribution in [-0.2, 0) is 6.42 Å². The average Bonchev–Trinajstić information content (AvgIpc) is 2.68. The van der Waals surface area contributed by atoms with Gasteiger partial charge >= 0.3 is 0 Å². The van der Waals surface area contributed by atoms with Crippen LogP contribution in [0, 0.1) is 0 Å². The third kappa shape index (κ3) is 2.77. The largest absolute Gasteiger partial charge is 0.323 e. The Morgan fingerprint density at radius 3 is 2.38 bits per heavy atom. The van der Waals surface area contributed by atoms with Gasteiger partial charge in [0.25, 0.3) is 0 Å². The predicted octanol–water partition coefficient (Wildman–Crippen LogP) is 4.30. The van der Waals surface area contributed by atoms with Crippen LogP contribution in [0.5, 0.6) is 0 Å². The first-order valence-electron chi connectivity index (χ1n) is 4.89. The molecule has 0 amide bonds. The zero-order valence-corrected chi connectivity index (χ0v) is 10.8. The highest BCUT2D eigenvalue weighted by atomic mass is 35.5. The van der Waals surface area contributed by atoms with Crippen LogP contribution in [0.15, 0.2) is 35.7 Å². The van der Waals surface area contributed by atoms with Crippen LogP contribution in [0.2, 0.25) is 10.0 Å². The molecule has 0 aliphatic carbocycles. The predicted molar refractivity (Wildman–Crippen MR) is 71.4 cm³/mol. The average molecular weight is 272 g/mol. The van der Waals surface area contributed by atoms with Gasteiger partial charge in [0, 0.05) is 15.9 Å². The Bertz CT molecular complexity index is 464. The molecule has 1 atom stereocenters. The molecule has 0 radical (unpaired) electrons. The molecule has 0 saturated heterocycles. The van der Waals surface area contributed by atoms with E-state index in [4.69, 9.17) is 28.9 Å². The summed E-state index contributed by atoms with van der Waals surface area (Å²) in [4.78, 5) is 1.04. The van der Waals surface area contributed by atoms with Gasteiger partial charge in [-0.25, -0.2) is 0 Å². The highest BCUT2D eigenvalue weighted by molar-refractivity contribution is 7.10. The molecule has 2 rings (SSSR count). The number of hydrogen-bond donors (Lipinski definition) is 1. The topological polar surface area (TPSA) is 26.0 Å². The highest BCUT2D eigenvalue weighted by Crippen LogP contribution is 2.29. The molecule has 0 aliphatic heterocycles. The van der Waals surface area contributed by atoms with Crippen molar-refractivity contribution in [3.05, 3.63) is 56.2 Å². The van der Waals surface area contributed by atoms with Gasteiger partial charge in [0.05, 0.1) is 5.02 Å². The van der Waals surface area contributed by atoms with Crippen LogP contribution in [-0.4, -0.2) is 0 Å². The first kappa shape index (κ1) is 11.9. The molecule has 2 N–H and O–H groups in total. The summed E-state index contributed by atoms with van der Waals surface area (Å²) in [5.74, 6) is 0. The van der Waals surface area contributed by atoms with Gasteiger partial charge < -0.3 is 5.73 Å². The molecule has 16 heavy (non-hydrogen) atoms. The lowest BCUT2D eigenvalue weighted by atomic mass is 10.1. The normalized spacial score (nSPS) is 12.7. The standard InChI is InChI=1S/C12H11Cl2NS/c13-9-3-1-8(2-4-9)7-11(15)12-10(14)5-6-16-12/h1-6,11H,7,15H2. The van der Waals surface area contributed by atoms with Crippen LogP contribution in [0.3, 0.4) is 0 Å². The molecule has 0 fully saturated rings. The van der Waals surface area contributed by atoms with Crippen LogP contribution < -0.4 is 5.73 Å². The number of halogens is 2. The van der Waals surface area contributed by atoms with Crippen molar-refractivity contribution in [3.63, 3.8) is 0 Å². The van der Waals surface area contributed by atoms with Gasteiger partial charge in [-0.3, -0.25) is 0 Å². The fraction of sp³-hybridized carbons (Fsp3) is 0.167. The molecule has 1 unspecified atom stereocenters. The first-order chi connectivity index (χ1) is 7.66. The van der Waals surface area contributed by atoms with E-state index in [9.17, 15) is 0 Å². The molecular weight excluding hydrogens is 261 g/mol. The van der Waals surface area contributed by atoms with Gasteiger partial charge in [0.2, 0.25) is 0 Å². The van der Waals surface area contributed by atoms with Crippen molar-refractivity contribution in [1.82, 2.24) is 0 Å². The SMILES string of the molecule is NC(Cc1ccc(Cl)cc1)c1sccc1Cl. The summed E-state index contributed by atoms with van der Waals surface area (Å²) in [6, 6.07) is 9.56. The van der Waals surface area contributed by atoms with E-state index in [2.05, 4.69) is 0 Å². The summed E-state index contributed by atoms with van der Waals surface area (Å²) in [6.45, 7) is 0. The van der Waals surface area contributed by atoms with Crippen LogP contribution in [0.4, 0.5) is 0 Å². The van der Waals surface area contributed by atoms with Crippen LogP contribution in [0.25, 0.3) is 0 Å². The van der Waals surface area contributed by atoms with E-state index >= 15 is 0 Å². The fourth-order valence-corrected chi connectivity index (χ4v) is 2.86. The molecular formula is C12H11Cl2NS. The van der Waals surface area contributed by atoms with E-state index in [1.54, 1.807) is 11.3 Å². The van der Waals surface area contributed by atoms with Crippen molar-refractivity contribution in [2.24, 2.45) is 5.73 Å². The molecule has 1 aromatic carbocycles. The number of thiophene rings is 1. The Morgan fingerprint density at radius 1 is 1.12 bits per heavy atom. The van der Waals surface area contributed by atoms with E-state index in [1.807, 2.05) is 35.7 Å². The van der Waals surface area contributed by atoms with E-state index in [0.717, 1.165) is 21.3 Å². The summed E-state index contributed by atoms with van der Waals surface area (Å²) in [5, 5.41) is 3.46. The quantitative estimate of drug-likeness (QED) is 0.885. The third-order valence-corrected chi connectivity index (χ3v) is 4.09. The Morgan fingerprint density at radius 2 is 1.81 bits per heavy atom. The molecule has 1 nitrogen and oxygen atoms in total. The van der Waals surface area contributed by atoms with Gasteiger partial charge in [-0.05, 0) is 35.6 Å². The summed E-state index contributed by atoms with van der Waals surface area (Å²) in [6.07, 6.45) is 0.775. The second-order valence-corrected chi connectivity index (χ2v) is 5.36. The molecule has 0 aliphatic rings. The lowest BCUT2D eigenvalue weighted by Crippen LogP contribution is -2.12. The third-order valence-electron chi connectivity index (χ3n) is 2.35. The summed E-state index contributed by atoms with van der Waals surface area (Å²) < 4.78 is 0. The van der Waals surface area contributed by atoms with E-state index in [0.29, 0.717) is 0 Å². The minimum Gasteiger partial charge on any atom is -0.323 e. The maximum absolute atomic E-state index is 6.10. The molecule has 84 valence electrons. The summed E-state index contributed by atoms with van der Waals surface area (Å²) in [5.41, 5.74) is 7.27. The molecule has 1 aromatic heterocycles. The van der Waals surface area contributed by atoms with Crippen molar-refractivity contribution in [2.75, 3.05) is 0 Å². The fourth-order valence-electron chi connectivity index (χ4n) is 1.54. The number of benzene rings is 1. The van der Waals surface area contributed by atoms with Crippen LogP contribution >= 0.6 is 34.5 Å². The molecule has 4 heteroatoms. The Kier molecular flexibility index (Phi) is 3.87. The minimum atomic E-state index is -0.0475. The maximum atomic E-state index is 6.10. The van der Waals surface area contributed by atoms with Crippen LogP contribution in [0.1, 0.15) is 16.5 Å². The highest BCUT2D eigenvalue weighted by Gasteiger charge is 2.12.